The van der Waals surface area contributed by atoms with Crippen LogP contribution in [0.5, 0.6) is 0 Å². The molecule has 0 aromatic heterocycles. The Balaban J connectivity index is 1.77. The van der Waals surface area contributed by atoms with Crippen LogP contribution >= 0.6 is 0 Å². The van der Waals surface area contributed by atoms with E-state index >= 15 is 0 Å². The van der Waals surface area contributed by atoms with Crippen molar-refractivity contribution in [2.24, 2.45) is 0 Å². The molecule has 2 saturated heterocycles. The van der Waals surface area contributed by atoms with Gasteiger partial charge in [0.15, 0.2) is 0 Å². The number of amides is 2. The van der Waals surface area contributed by atoms with Gasteiger partial charge in [0.2, 0.25) is 11.8 Å². The molecule has 0 aliphatic carbocycles. The van der Waals surface area contributed by atoms with Gasteiger partial charge in [-0.3, -0.25) is 9.59 Å². The molecule has 2 amide bonds. The van der Waals surface area contributed by atoms with Gasteiger partial charge in [-0.15, -0.1) is 0 Å². The number of hydrogen-bond donors (Lipinski definition) is 2. The number of methoxy groups -OCH3 is 1. The van der Waals surface area contributed by atoms with Gasteiger partial charge in [0.1, 0.15) is 6.61 Å². The number of carbonyl (C=O) groups is 2. The number of likely N-dealkylation sites (tertiary alicyclic amines) is 2. The average Bonchev–Trinajstić information content (AvgIpc) is 2.83. The Hall–Kier alpha value is -1.18. The van der Waals surface area contributed by atoms with Crippen LogP contribution in [-0.4, -0.2) is 84.8 Å². The molecule has 126 valence electrons. The van der Waals surface area contributed by atoms with E-state index < -0.39 is 5.60 Å². The zero-order chi connectivity index (χ0) is 16.2. The smallest absolute Gasteiger partial charge is 0.248 e. The van der Waals surface area contributed by atoms with Gasteiger partial charge in [-0.05, 0) is 19.3 Å². The summed E-state index contributed by atoms with van der Waals surface area (Å²) >= 11 is 0. The fourth-order valence-corrected chi connectivity index (χ4v) is 3.35. The normalized spacial score (nSPS) is 27.1. The summed E-state index contributed by atoms with van der Waals surface area (Å²) in [4.78, 5) is 26.8. The summed E-state index contributed by atoms with van der Waals surface area (Å²) in [6.45, 7) is 4.87. The fraction of sp³-hybridized carbons (Fsp3) is 0.867. The van der Waals surface area contributed by atoms with Crippen molar-refractivity contribution in [3.63, 3.8) is 0 Å². The minimum atomic E-state index is -0.829. The SMILES string of the molecule is COCC(=O)N1CC[C@@](O)(CN2CCC(NC(C)=O)CC2)C1. The highest BCUT2D eigenvalue weighted by Crippen LogP contribution is 2.24. The highest BCUT2D eigenvalue weighted by Gasteiger charge is 2.39. The van der Waals surface area contributed by atoms with Crippen molar-refractivity contribution in [3.8, 4) is 0 Å². The number of hydrogen-bond acceptors (Lipinski definition) is 5. The standard InChI is InChI=1S/C15H27N3O4/c1-12(19)16-13-3-6-17(7-4-13)10-15(21)5-8-18(11-15)14(20)9-22-2/h13,21H,3-11H2,1-2H3,(H,16,19)/t15-/m1/s1. The monoisotopic (exact) mass is 313 g/mol. The van der Waals surface area contributed by atoms with Gasteiger partial charge in [-0.25, -0.2) is 0 Å². The summed E-state index contributed by atoms with van der Waals surface area (Å²) < 4.78 is 4.86. The second-order valence-electron chi connectivity index (χ2n) is 6.47. The molecule has 7 heteroatoms. The van der Waals surface area contributed by atoms with Crippen LogP contribution in [0.2, 0.25) is 0 Å². The molecular formula is C15H27N3O4. The molecule has 0 radical (unpaired) electrons. The maximum absolute atomic E-state index is 11.8. The molecule has 2 aliphatic rings. The lowest BCUT2D eigenvalue weighted by molar-refractivity contribution is -0.135. The summed E-state index contributed by atoms with van der Waals surface area (Å²) in [5.74, 6) is -0.0528. The summed E-state index contributed by atoms with van der Waals surface area (Å²) in [7, 11) is 1.50. The molecule has 2 aliphatic heterocycles. The quantitative estimate of drug-likeness (QED) is 0.694. The molecular weight excluding hydrogens is 286 g/mol. The van der Waals surface area contributed by atoms with Crippen LogP contribution in [0.25, 0.3) is 0 Å². The van der Waals surface area contributed by atoms with Gasteiger partial charge in [0.05, 0.1) is 12.1 Å². The first-order valence-corrected chi connectivity index (χ1v) is 7.90. The number of piperidine rings is 1. The van der Waals surface area contributed by atoms with Crippen molar-refractivity contribution in [2.45, 2.75) is 37.8 Å². The van der Waals surface area contributed by atoms with Crippen LogP contribution in [0.1, 0.15) is 26.2 Å². The van der Waals surface area contributed by atoms with Gasteiger partial charge in [-0.1, -0.05) is 0 Å². The van der Waals surface area contributed by atoms with Crippen LogP contribution in [0.3, 0.4) is 0 Å². The predicted octanol–water partition coefficient (Wildman–Crippen LogP) is -0.803. The number of ether oxygens (including phenoxy) is 1. The Bertz CT molecular complexity index is 410. The lowest BCUT2D eigenvalue weighted by Gasteiger charge is -2.36. The lowest BCUT2D eigenvalue weighted by atomic mass is 9.99. The molecule has 0 aromatic carbocycles. The van der Waals surface area contributed by atoms with Crippen molar-refractivity contribution in [2.75, 3.05) is 46.4 Å². The Morgan fingerprint density at radius 1 is 1.32 bits per heavy atom. The maximum atomic E-state index is 11.8. The van der Waals surface area contributed by atoms with Gasteiger partial charge in [0, 0.05) is 46.3 Å². The number of carbonyl (C=O) groups excluding carboxylic acids is 2. The van der Waals surface area contributed by atoms with Crippen molar-refractivity contribution in [3.05, 3.63) is 0 Å². The van der Waals surface area contributed by atoms with E-state index in [0.29, 0.717) is 26.1 Å². The molecule has 0 unspecified atom stereocenters. The number of nitrogens with one attached hydrogen (secondary N) is 1. The molecule has 0 saturated carbocycles. The van der Waals surface area contributed by atoms with Crippen molar-refractivity contribution >= 4 is 11.8 Å². The van der Waals surface area contributed by atoms with E-state index in [1.54, 1.807) is 11.8 Å². The molecule has 2 rings (SSSR count). The minimum absolute atomic E-state index is 0.0140. The second-order valence-corrected chi connectivity index (χ2v) is 6.47. The van der Waals surface area contributed by atoms with E-state index in [1.807, 2.05) is 0 Å². The third-order valence-corrected chi connectivity index (χ3v) is 4.47. The number of aliphatic hydroxyl groups is 1. The van der Waals surface area contributed by atoms with Crippen molar-refractivity contribution in [1.82, 2.24) is 15.1 Å². The molecule has 22 heavy (non-hydrogen) atoms. The first-order chi connectivity index (χ1) is 10.4. The van der Waals surface area contributed by atoms with Gasteiger partial charge >= 0.3 is 0 Å². The number of rotatable bonds is 5. The third kappa shape index (κ3) is 4.66. The summed E-state index contributed by atoms with van der Waals surface area (Å²) in [5.41, 5.74) is -0.829. The zero-order valence-corrected chi connectivity index (χ0v) is 13.5. The molecule has 2 heterocycles. The van der Waals surface area contributed by atoms with Crippen LogP contribution in [0.4, 0.5) is 0 Å². The van der Waals surface area contributed by atoms with Gasteiger partial charge in [0.25, 0.3) is 0 Å². The maximum Gasteiger partial charge on any atom is 0.248 e. The van der Waals surface area contributed by atoms with Crippen molar-refractivity contribution < 1.29 is 19.4 Å². The average molecular weight is 313 g/mol. The Labute approximate surface area is 131 Å². The molecule has 2 fully saturated rings. The summed E-state index contributed by atoms with van der Waals surface area (Å²) in [5, 5.41) is 13.6. The summed E-state index contributed by atoms with van der Waals surface area (Å²) in [6.07, 6.45) is 2.41. The van der Waals surface area contributed by atoms with Crippen molar-refractivity contribution in [1.29, 1.82) is 0 Å². The van der Waals surface area contributed by atoms with E-state index in [9.17, 15) is 14.7 Å². The number of β-amino-alcohol motifs (C(OH)–C–C–N with tert-alkyl or cyclic N) is 1. The molecule has 0 aromatic rings. The molecule has 0 spiro atoms. The highest BCUT2D eigenvalue weighted by atomic mass is 16.5. The topological polar surface area (TPSA) is 82.1 Å². The Kier molecular flexibility index (Phi) is 5.77. The van der Waals surface area contributed by atoms with E-state index in [2.05, 4.69) is 10.2 Å². The zero-order valence-electron chi connectivity index (χ0n) is 13.5. The van der Waals surface area contributed by atoms with E-state index in [-0.39, 0.29) is 24.5 Å². The molecule has 1 atom stereocenters. The molecule has 0 bridgehead atoms. The van der Waals surface area contributed by atoms with Crippen LogP contribution in [0, 0.1) is 0 Å². The Morgan fingerprint density at radius 3 is 2.59 bits per heavy atom. The third-order valence-electron chi connectivity index (χ3n) is 4.47. The Morgan fingerprint density at radius 2 is 2.00 bits per heavy atom. The van der Waals surface area contributed by atoms with Crippen LogP contribution < -0.4 is 5.32 Å². The van der Waals surface area contributed by atoms with Crippen LogP contribution in [0.15, 0.2) is 0 Å². The molecule has 2 N–H and O–H groups in total. The van der Waals surface area contributed by atoms with E-state index in [4.69, 9.17) is 4.74 Å². The fourth-order valence-electron chi connectivity index (χ4n) is 3.35. The number of nitrogens with zero attached hydrogens (tertiary/aromatic N) is 2. The molecule has 7 nitrogen and oxygen atoms in total. The van der Waals surface area contributed by atoms with Gasteiger partial charge in [-0.2, -0.15) is 0 Å². The second kappa shape index (κ2) is 7.39. The highest BCUT2D eigenvalue weighted by molar-refractivity contribution is 5.77. The summed E-state index contributed by atoms with van der Waals surface area (Å²) in [6, 6.07) is 0.242. The largest absolute Gasteiger partial charge is 0.387 e. The first-order valence-electron chi connectivity index (χ1n) is 7.90. The van der Waals surface area contributed by atoms with Crippen LogP contribution in [-0.2, 0) is 14.3 Å². The predicted molar refractivity (Wildman–Crippen MR) is 81.3 cm³/mol. The van der Waals surface area contributed by atoms with E-state index in [1.165, 1.54) is 7.11 Å². The minimum Gasteiger partial charge on any atom is -0.387 e. The first kappa shape index (κ1) is 17.2. The van der Waals surface area contributed by atoms with E-state index in [0.717, 1.165) is 25.9 Å². The van der Waals surface area contributed by atoms with Gasteiger partial charge < -0.3 is 25.0 Å². The lowest BCUT2D eigenvalue weighted by Crippen LogP contribution is -2.51.